The van der Waals surface area contributed by atoms with Crippen molar-refractivity contribution in [2.24, 2.45) is 4.99 Å². The highest BCUT2D eigenvalue weighted by Crippen LogP contribution is 2.21. The fraction of sp³-hybridized carbons (Fsp3) is 0.562. The zero-order chi connectivity index (χ0) is 18.4. The zero-order valence-corrected chi connectivity index (χ0v) is 16.8. The standard InChI is InChI=1S/C16H25Cl2N3O2S/c1-5-19-15(20-8-9-24(22,23)16(2,3)4)21-11-12-6-7-13(17)10-14(12)18/h6-7,10H,5,8-9,11H2,1-4H3,(H2,19,20,21). The maximum absolute atomic E-state index is 12.1. The van der Waals surface area contributed by atoms with E-state index < -0.39 is 14.6 Å². The van der Waals surface area contributed by atoms with E-state index >= 15 is 0 Å². The number of benzene rings is 1. The minimum Gasteiger partial charge on any atom is -0.357 e. The van der Waals surface area contributed by atoms with Crippen LogP contribution < -0.4 is 10.6 Å². The van der Waals surface area contributed by atoms with Crippen LogP contribution in [0.3, 0.4) is 0 Å². The van der Waals surface area contributed by atoms with Gasteiger partial charge in [-0.2, -0.15) is 0 Å². The molecule has 0 atom stereocenters. The average Bonchev–Trinajstić information content (AvgIpc) is 2.44. The zero-order valence-electron chi connectivity index (χ0n) is 14.5. The maximum atomic E-state index is 12.1. The van der Waals surface area contributed by atoms with Gasteiger partial charge >= 0.3 is 0 Å². The van der Waals surface area contributed by atoms with Crippen molar-refractivity contribution in [1.29, 1.82) is 0 Å². The van der Waals surface area contributed by atoms with Crippen molar-refractivity contribution in [3.8, 4) is 0 Å². The largest absolute Gasteiger partial charge is 0.357 e. The van der Waals surface area contributed by atoms with E-state index in [0.717, 1.165) is 5.56 Å². The van der Waals surface area contributed by atoms with Crippen molar-refractivity contribution in [3.63, 3.8) is 0 Å². The number of nitrogens with zero attached hydrogens (tertiary/aromatic N) is 1. The highest BCUT2D eigenvalue weighted by molar-refractivity contribution is 7.92. The molecule has 24 heavy (non-hydrogen) atoms. The molecule has 5 nitrogen and oxygen atoms in total. The first kappa shape index (κ1) is 21.1. The Morgan fingerprint density at radius 3 is 2.42 bits per heavy atom. The van der Waals surface area contributed by atoms with Crippen LogP contribution in [0.2, 0.25) is 10.0 Å². The molecule has 0 aliphatic carbocycles. The van der Waals surface area contributed by atoms with Gasteiger partial charge in [0.15, 0.2) is 15.8 Å². The van der Waals surface area contributed by atoms with Crippen molar-refractivity contribution in [2.45, 2.75) is 39.0 Å². The van der Waals surface area contributed by atoms with Crippen molar-refractivity contribution < 1.29 is 8.42 Å². The minimum atomic E-state index is -3.17. The predicted octanol–water partition coefficient (Wildman–Crippen LogP) is 3.26. The fourth-order valence-corrected chi connectivity index (χ4v) is 3.22. The summed E-state index contributed by atoms with van der Waals surface area (Å²) in [5.74, 6) is 0.593. The fourth-order valence-electron chi connectivity index (χ4n) is 1.77. The van der Waals surface area contributed by atoms with Crippen LogP contribution in [-0.4, -0.2) is 38.0 Å². The third kappa shape index (κ3) is 6.49. The quantitative estimate of drug-likeness (QED) is 0.574. The second-order valence-electron chi connectivity index (χ2n) is 6.29. The van der Waals surface area contributed by atoms with E-state index in [4.69, 9.17) is 23.2 Å². The van der Waals surface area contributed by atoms with Crippen molar-refractivity contribution >= 4 is 39.0 Å². The van der Waals surface area contributed by atoms with Gasteiger partial charge < -0.3 is 10.6 Å². The predicted molar refractivity (Wildman–Crippen MR) is 103 cm³/mol. The molecular formula is C16H25Cl2N3O2S. The van der Waals surface area contributed by atoms with Gasteiger partial charge in [-0.1, -0.05) is 29.3 Å². The molecule has 1 rings (SSSR count). The molecule has 2 N–H and O–H groups in total. The molecule has 8 heteroatoms. The molecule has 0 aromatic heterocycles. The Labute approximate surface area is 154 Å². The third-order valence-electron chi connectivity index (χ3n) is 3.36. The van der Waals surface area contributed by atoms with Gasteiger partial charge in [0.25, 0.3) is 0 Å². The van der Waals surface area contributed by atoms with Crippen LogP contribution in [0.1, 0.15) is 33.3 Å². The molecule has 0 saturated heterocycles. The highest BCUT2D eigenvalue weighted by Gasteiger charge is 2.28. The molecular weight excluding hydrogens is 369 g/mol. The summed E-state index contributed by atoms with van der Waals surface area (Å²) in [7, 11) is -3.17. The van der Waals surface area contributed by atoms with E-state index in [9.17, 15) is 8.42 Å². The molecule has 0 amide bonds. The highest BCUT2D eigenvalue weighted by atomic mass is 35.5. The molecule has 0 aliphatic heterocycles. The van der Waals surface area contributed by atoms with Gasteiger partial charge in [0.2, 0.25) is 0 Å². The van der Waals surface area contributed by atoms with Gasteiger partial charge in [-0.3, -0.25) is 0 Å². The number of aliphatic imine (C=N–C) groups is 1. The van der Waals surface area contributed by atoms with Crippen molar-refractivity contribution in [3.05, 3.63) is 33.8 Å². The van der Waals surface area contributed by atoms with Crippen LogP contribution in [0, 0.1) is 0 Å². The monoisotopic (exact) mass is 393 g/mol. The second kappa shape index (κ2) is 8.92. The molecule has 136 valence electrons. The smallest absolute Gasteiger partial charge is 0.191 e. The Balaban J connectivity index is 2.70. The first-order valence-corrected chi connectivity index (χ1v) is 10.2. The Bertz CT molecular complexity index is 683. The lowest BCUT2D eigenvalue weighted by molar-refractivity contribution is 0.559. The van der Waals surface area contributed by atoms with Gasteiger partial charge in [-0.05, 0) is 45.4 Å². The SMILES string of the molecule is CCNC(=NCc1ccc(Cl)cc1Cl)NCCS(=O)(=O)C(C)(C)C. The van der Waals surface area contributed by atoms with Crippen LogP contribution in [0.25, 0.3) is 0 Å². The molecule has 0 bridgehead atoms. The van der Waals surface area contributed by atoms with Crippen LogP contribution in [0.4, 0.5) is 0 Å². The van der Waals surface area contributed by atoms with E-state index in [-0.39, 0.29) is 5.75 Å². The number of hydrogen-bond acceptors (Lipinski definition) is 3. The van der Waals surface area contributed by atoms with Gasteiger partial charge in [0, 0.05) is 23.1 Å². The minimum absolute atomic E-state index is 0.0443. The molecule has 1 aromatic carbocycles. The summed E-state index contributed by atoms with van der Waals surface area (Å²) in [5, 5.41) is 7.25. The summed E-state index contributed by atoms with van der Waals surface area (Å²) < 4.78 is 23.5. The third-order valence-corrected chi connectivity index (χ3v) is 6.56. The normalized spacial score (nSPS) is 13.0. The average molecular weight is 394 g/mol. The summed E-state index contributed by atoms with van der Waals surface area (Å²) in [5.41, 5.74) is 0.848. The van der Waals surface area contributed by atoms with Gasteiger partial charge in [0.1, 0.15) is 0 Å². The lowest BCUT2D eigenvalue weighted by Gasteiger charge is -2.19. The summed E-state index contributed by atoms with van der Waals surface area (Å²) in [4.78, 5) is 4.43. The topological polar surface area (TPSA) is 70.6 Å². The Kier molecular flexibility index (Phi) is 7.83. The molecule has 0 aliphatic rings. The van der Waals surface area contributed by atoms with Crippen LogP contribution in [0.15, 0.2) is 23.2 Å². The lowest BCUT2D eigenvalue weighted by Crippen LogP contribution is -2.41. The van der Waals surface area contributed by atoms with Crippen LogP contribution in [0.5, 0.6) is 0 Å². The Hall–Kier alpha value is -0.980. The summed E-state index contributed by atoms with van der Waals surface area (Å²) >= 11 is 12.0. The van der Waals surface area contributed by atoms with Gasteiger partial charge in [-0.15, -0.1) is 0 Å². The van der Waals surface area contributed by atoms with Crippen molar-refractivity contribution in [1.82, 2.24) is 10.6 Å². The van der Waals surface area contributed by atoms with E-state index in [1.54, 1.807) is 32.9 Å². The molecule has 0 radical (unpaired) electrons. The molecule has 0 spiro atoms. The maximum Gasteiger partial charge on any atom is 0.191 e. The van der Waals surface area contributed by atoms with E-state index in [1.807, 2.05) is 13.0 Å². The van der Waals surface area contributed by atoms with Crippen LogP contribution in [-0.2, 0) is 16.4 Å². The molecule has 0 unspecified atom stereocenters. The molecule has 0 saturated carbocycles. The van der Waals surface area contributed by atoms with Gasteiger partial charge in [-0.25, -0.2) is 13.4 Å². The number of sulfone groups is 1. The van der Waals surface area contributed by atoms with Gasteiger partial charge in [0.05, 0.1) is 17.0 Å². The summed E-state index contributed by atoms with van der Waals surface area (Å²) in [6.45, 7) is 8.38. The number of guanidine groups is 1. The number of nitrogens with one attached hydrogen (secondary N) is 2. The Morgan fingerprint density at radius 2 is 1.88 bits per heavy atom. The van der Waals surface area contributed by atoms with Crippen molar-refractivity contribution in [2.75, 3.05) is 18.8 Å². The van der Waals surface area contributed by atoms with Crippen LogP contribution >= 0.6 is 23.2 Å². The number of halogens is 2. The molecule has 0 heterocycles. The second-order valence-corrected chi connectivity index (χ2v) is 10.00. The first-order chi connectivity index (χ1) is 11.1. The lowest BCUT2D eigenvalue weighted by atomic mass is 10.2. The van der Waals surface area contributed by atoms with E-state index in [1.165, 1.54) is 0 Å². The first-order valence-electron chi connectivity index (χ1n) is 7.75. The van der Waals surface area contributed by atoms with E-state index in [2.05, 4.69) is 15.6 Å². The Morgan fingerprint density at radius 1 is 1.21 bits per heavy atom. The molecule has 0 fully saturated rings. The van der Waals surface area contributed by atoms with E-state index in [0.29, 0.717) is 35.6 Å². The number of rotatable bonds is 6. The summed E-state index contributed by atoms with van der Waals surface area (Å²) in [6.07, 6.45) is 0. The number of hydrogen-bond donors (Lipinski definition) is 2. The molecule has 1 aromatic rings. The summed E-state index contributed by atoms with van der Waals surface area (Å²) in [6, 6.07) is 5.25.